The Kier molecular flexibility index (Phi) is 3.73. The molecular formula is C10H18O2. The summed E-state index contributed by atoms with van der Waals surface area (Å²) >= 11 is 0. The lowest BCUT2D eigenvalue weighted by atomic mass is 9.80. The topological polar surface area (TPSA) is 37.3 Å². The van der Waals surface area contributed by atoms with Gasteiger partial charge in [0.1, 0.15) is 12.4 Å². The van der Waals surface area contributed by atoms with E-state index in [4.69, 9.17) is 5.11 Å². The molecule has 2 heteroatoms. The Hall–Kier alpha value is -0.370. The summed E-state index contributed by atoms with van der Waals surface area (Å²) in [6.45, 7) is 2.25. The molecule has 3 atom stereocenters. The lowest BCUT2D eigenvalue weighted by molar-refractivity contribution is -0.115. The highest BCUT2D eigenvalue weighted by molar-refractivity contribution is 5.55. The van der Waals surface area contributed by atoms with Gasteiger partial charge in [-0.3, -0.25) is 0 Å². The molecule has 1 fully saturated rings. The van der Waals surface area contributed by atoms with Crippen molar-refractivity contribution in [3.05, 3.63) is 0 Å². The molecule has 0 radical (unpaired) electrons. The van der Waals surface area contributed by atoms with E-state index in [0.29, 0.717) is 18.6 Å². The van der Waals surface area contributed by atoms with Crippen LogP contribution < -0.4 is 0 Å². The average molecular weight is 170 g/mol. The number of aldehydes is 1. The van der Waals surface area contributed by atoms with Crippen molar-refractivity contribution in [2.24, 2.45) is 11.8 Å². The second-order valence-corrected chi connectivity index (χ2v) is 4.08. The molecule has 0 saturated heterocycles. The van der Waals surface area contributed by atoms with E-state index in [9.17, 15) is 4.79 Å². The number of hydrogen-bond acceptors (Lipinski definition) is 2. The van der Waals surface area contributed by atoms with Gasteiger partial charge >= 0.3 is 0 Å². The average Bonchev–Trinajstić information content (AvgIpc) is 2.04. The molecular weight excluding hydrogens is 152 g/mol. The lowest BCUT2D eigenvalue weighted by Gasteiger charge is -2.27. The molecule has 0 bridgehead atoms. The summed E-state index contributed by atoms with van der Waals surface area (Å²) in [5.41, 5.74) is 0. The van der Waals surface area contributed by atoms with Crippen LogP contribution in [0.1, 0.15) is 39.0 Å². The zero-order chi connectivity index (χ0) is 8.97. The van der Waals surface area contributed by atoms with Gasteiger partial charge in [0.25, 0.3) is 0 Å². The van der Waals surface area contributed by atoms with Crippen LogP contribution in [0.2, 0.25) is 0 Å². The summed E-state index contributed by atoms with van der Waals surface area (Å²) in [5.74, 6) is 1.36. The van der Waals surface area contributed by atoms with E-state index in [1.807, 2.05) is 0 Å². The zero-order valence-electron chi connectivity index (χ0n) is 7.70. The first-order valence-electron chi connectivity index (χ1n) is 4.85. The van der Waals surface area contributed by atoms with Gasteiger partial charge in [-0.2, -0.15) is 0 Å². The Balaban J connectivity index is 2.26. The molecule has 3 unspecified atom stereocenters. The van der Waals surface area contributed by atoms with Crippen LogP contribution in [0.15, 0.2) is 0 Å². The Morgan fingerprint density at radius 1 is 1.58 bits per heavy atom. The van der Waals surface area contributed by atoms with Crippen molar-refractivity contribution in [1.29, 1.82) is 0 Å². The molecule has 1 rings (SSSR count). The molecule has 0 amide bonds. The van der Waals surface area contributed by atoms with Gasteiger partial charge in [0, 0.05) is 0 Å². The number of aliphatic hydroxyl groups is 1. The quantitative estimate of drug-likeness (QED) is 0.655. The minimum atomic E-state index is -0.722. The van der Waals surface area contributed by atoms with Gasteiger partial charge in [-0.15, -0.1) is 0 Å². The van der Waals surface area contributed by atoms with Gasteiger partial charge in [0.05, 0.1) is 0 Å². The summed E-state index contributed by atoms with van der Waals surface area (Å²) < 4.78 is 0. The van der Waals surface area contributed by atoms with Crippen molar-refractivity contribution in [3.63, 3.8) is 0 Å². The summed E-state index contributed by atoms with van der Waals surface area (Å²) in [6.07, 6.45) is 5.55. The fourth-order valence-electron chi connectivity index (χ4n) is 2.17. The highest BCUT2D eigenvalue weighted by Gasteiger charge is 2.20. The van der Waals surface area contributed by atoms with Gasteiger partial charge in [0.2, 0.25) is 0 Å². The summed E-state index contributed by atoms with van der Waals surface area (Å²) in [5, 5.41) is 9.13. The van der Waals surface area contributed by atoms with Crippen LogP contribution in [0.4, 0.5) is 0 Å². The third kappa shape index (κ3) is 2.94. The zero-order valence-corrected chi connectivity index (χ0v) is 7.70. The van der Waals surface area contributed by atoms with Crippen LogP contribution in [0.5, 0.6) is 0 Å². The molecule has 2 nitrogen and oxygen atoms in total. The van der Waals surface area contributed by atoms with Crippen molar-refractivity contribution in [3.8, 4) is 0 Å². The maximum atomic E-state index is 10.2. The maximum absolute atomic E-state index is 10.2. The molecule has 70 valence electrons. The SMILES string of the molecule is CC1CCCC(CC(O)C=O)C1. The van der Waals surface area contributed by atoms with Crippen LogP contribution in [0.25, 0.3) is 0 Å². The minimum absolute atomic E-state index is 0.578. The Morgan fingerprint density at radius 3 is 2.92 bits per heavy atom. The van der Waals surface area contributed by atoms with Gasteiger partial charge in [-0.25, -0.2) is 0 Å². The monoisotopic (exact) mass is 170 g/mol. The smallest absolute Gasteiger partial charge is 0.148 e. The van der Waals surface area contributed by atoms with E-state index in [0.717, 1.165) is 5.92 Å². The second-order valence-electron chi connectivity index (χ2n) is 4.08. The Bertz CT molecular complexity index is 145. The first-order valence-corrected chi connectivity index (χ1v) is 4.85. The van der Waals surface area contributed by atoms with Crippen molar-refractivity contribution < 1.29 is 9.90 Å². The maximum Gasteiger partial charge on any atom is 0.148 e. The normalized spacial score (nSPS) is 32.8. The van der Waals surface area contributed by atoms with Crippen LogP contribution in [0, 0.1) is 11.8 Å². The van der Waals surface area contributed by atoms with E-state index < -0.39 is 6.10 Å². The molecule has 0 heterocycles. The van der Waals surface area contributed by atoms with Crippen LogP contribution in [-0.4, -0.2) is 17.5 Å². The number of carbonyl (C=O) groups is 1. The van der Waals surface area contributed by atoms with Crippen molar-refractivity contribution in [2.45, 2.75) is 45.1 Å². The van der Waals surface area contributed by atoms with E-state index in [-0.39, 0.29) is 0 Å². The highest BCUT2D eigenvalue weighted by atomic mass is 16.3. The lowest BCUT2D eigenvalue weighted by Crippen LogP contribution is -2.20. The van der Waals surface area contributed by atoms with E-state index in [1.54, 1.807) is 0 Å². The largest absolute Gasteiger partial charge is 0.386 e. The van der Waals surface area contributed by atoms with E-state index in [1.165, 1.54) is 25.7 Å². The molecule has 0 aromatic heterocycles. The molecule has 0 aromatic rings. The first-order chi connectivity index (χ1) is 5.72. The third-order valence-electron chi connectivity index (χ3n) is 2.78. The number of rotatable bonds is 3. The molecule has 0 spiro atoms. The fourth-order valence-corrected chi connectivity index (χ4v) is 2.17. The first kappa shape index (κ1) is 9.72. The standard InChI is InChI=1S/C10H18O2/c1-8-3-2-4-9(5-8)6-10(12)7-11/h7-10,12H,2-6H2,1H3. The molecule has 0 aliphatic heterocycles. The molecule has 1 aliphatic rings. The molecule has 12 heavy (non-hydrogen) atoms. The van der Waals surface area contributed by atoms with E-state index in [2.05, 4.69) is 6.92 Å². The number of hydrogen-bond donors (Lipinski definition) is 1. The van der Waals surface area contributed by atoms with Gasteiger partial charge < -0.3 is 9.90 Å². The van der Waals surface area contributed by atoms with Crippen LogP contribution in [0.3, 0.4) is 0 Å². The Morgan fingerprint density at radius 2 is 2.33 bits per heavy atom. The van der Waals surface area contributed by atoms with E-state index >= 15 is 0 Å². The summed E-state index contributed by atoms with van der Waals surface area (Å²) in [7, 11) is 0. The summed E-state index contributed by atoms with van der Waals surface area (Å²) in [6, 6.07) is 0. The van der Waals surface area contributed by atoms with Crippen molar-refractivity contribution in [2.75, 3.05) is 0 Å². The predicted octanol–water partition coefficient (Wildman–Crippen LogP) is 1.76. The van der Waals surface area contributed by atoms with Gasteiger partial charge in [0.15, 0.2) is 0 Å². The molecule has 1 aliphatic carbocycles. The Labute approximate surface area is 74.0 Å². The van der Waals surface area contributed by atoms with Crippen molar-refractivity contribution >= 4 is 6.29 Å². The molecule has 1 N–H and O–H groups in total. The highest BCUT2D eigenvalue weighted by Crippen LogP contribution is 2.31. The van der Waals surface area contributed by atoms with Gasteiger partial charge in [-0.05, 0) is 24.7 Å². The molecule has 1 saturated carbocycles. The number of aliphatic hydroxyl groups excluding tert-OH is 1. The van der Waals surface area contributed by atoms with Gasteiger partial charge in [-0.1, -0.05) is 26.2 Å². The molecule has 0 aromatic carbocycles. The summed E-state index contributed by atoms with van der Waals surface area (Å²) in [4.78, 5) is 10.2. The predicted molar refractivity (Wildman–Crippen MR) is 47.8 cm³/mol. The third-order valence-corrected chi connectivity index (χ3v) is 2.78. The van der Waals surface area contributed by atoms with Crippen LogP contribution >= 0.6 is 0 Å². The second kappa shape index (κ2) is 4.61. The minimum Gasteiger partial charge on any atom is -0.386 e. The number of carbonyl (C=O) groups excluding carboxylic acids is 1. The van der Waals surface area contributed by atoms with Crippen molar-refractivity contribution in [1.82, 2.24) is 0 Å². The van der Waals surface area contributed by atoms with Crippen LogP contribution in [-0.2, 0) is 4.79 Å². The fraction of sp³-hybridized carbons (Fsp3) is 0.900.